The number of hydrogen-bond acceptors (Lipinski definition) is 3. The van der Waals surface area contributed by atoms with E-state index in [9.17, 15) is 4.79 Å². The summed E-state index contributed by atoms with van der Waals surface area (Å²) in [5, 5.41) is 4.89. The summed E-state index contributed by atoms with van der Waals surface area (Å²) in [6.45, 7) is 0. The molecule has 3 aromatic carbocycles. The summed E-state index contributed by atoms with van der Waals surface area (Å²) in [6.07, 6.45) is 0. The van der Waals surface area contributed by atoms with Gasteiger partial charge in [0.15, 0.2) is 0 Å². The number of aliphatic imine (C=N–C) groups is 1. The highest BCUT2D eigenvalue weighted by molar-refractivity contribution is 6.54. The fourth-order valence-electron chi connectivity index (χ4n) is 3.13. The molecule has 114 valence electrons. The van der Waals surface area contributed by atoms with Gasteiger partial charge in [0.1, 0.15) is 16.9 Å². The largest absolute Gasteiger partial charge is 0.456 e. The summed E-state index contributed by atoms with van der Waals surface area (Å²) >= 11 is 0. The Labute approximate surface area is 137 Å². The number of fused-ring (bicyclic) bond motifs is 4. The van der Waals surface area contributed by atoms with Gasteiger partial charge in [-0.05, 0) is 30.3 Å². The number of carbonyl (C=O) groups excluding carboxylic acids is 1. The minimum absolute atomic E-state index is 0.173. The van der Waals surface area contributed by atoms with Crippen LogP contribution in [0, 0.1) is 0 Å². The van der Waals surface area contributed by atoms with Crippen molar-refractivity contribution < 1.29 is 9.21 Å². The first-order valence-electron chi connectivity index (χ1n) is 7.70. The van der Waals surface area contributed by atoms with Crippen LogP contribution in [0.5, 0.6) is 0 Å². The third kappa shape index (κ3) is 1.86. The lowest BCUT2D eigenvalue weighted by atomic mass is 10.1. The predicted octanol–water partition coefficient (Wildman–Crippen LogP) is 4.66. The molecule has 0 saturated carbocycles. The number of rotatable bonds is 1. The number of furan rings is 1. The van der Waals surface area contributed by atoms with Crippen molar-refractivity contribution in [3.63, 3.8) is 0 Å². The van der Waals surface area contributed by atoms with E-state index in [2.05, 4.69) is 10.3 Å². The van der Waals surface area contributed by atoms with Crippen molar-refractivity contribution in [1.29, 1.82) is 0 Å². The molecule has 4 aromatic rings. The number of amides is 1. The first kappa shape index (κ1) is 13.1. The fourth-order valence-corrected chi connectivity index (χ4v) is 3.13. The highest BCUT2D eigenvalue weighted by atomic mass is 16.3. The first-order chi connectivity index (χ1) is 11.8. The van der Waals surface area contributed by atoms with Gasteiger partial charge in [-0.25, -0.2) is 4.99 Å². The third-order valence-corrected chi connectivity index (χ3v) is 4.25. The van der Waals surface area contributed by atoms with Crippen molar-refractivity contribution in [1.82, 2.24) is 0 Å². The van der Waals surface area contributed by atoms with Gasteiger partial charge >= 0.3 is 0 Å². The Kier molecular flexibility index (Phi) is 2.61. The molecule has 0 spiro atoms. The van der Waals surface area contributed by atoms with Gasteiger partial charge in [0.2, 0.25) is 0 Å². The van der Waals surface area contributed by atoms with Crippen LogP contribution >= 0.6 is 0 Å². The van der Waals surface area contributed by atoms with Crippen molar-refractivity contribution in [2.45, 2.75) is 0 Å². The van der Waals surface area contributed by atoms with E-state index in [0.717, 1.165) is 38.9 Å². The van der Waals surface area contributed by atoms with Crippen LogP contribution in [0.3, 0.4) is 0 Å². The molecule has 0 saturated heterocycles. The number of nitrogens with zero attached hydrogens (tertiary/aromatic N) is 1. The average molecular weight is 312 g/mol. The van der Waals surface area contributed by atoms with Gasteiger partial charge in [-0.1, -0.05) is 36.4 Å². The summed E-state index contributed by atoms with van der Waals surface area (Å²) < 4.78 is 5.83. The number of anilines is 1. The zero-order chi connectivity index (χ0) is 16.1. The Balaban J connectivity index is 1.70. The van der Waals surface area contributed by atoms with Crippen molar-refractivity contribution >= 4 is 44.9 Å². The average Bonchev–Trinajstić information content (AvgIpc) is 3.13. The van der Waals surface area contributed by atoms with Gasteiger partial charge in [0, 0.05) is 16.3 Å². The number of nitrogens with one attached hydrogen (secondary N) is 1. The molecule has 1 aliphatic rings. The highest BCUT2D eigenvalue weighted by Crippen LogP contribution is 2.32. The van der Waals surface area contributed by atoms with Crippen molar-refractivity contribution in [3.05, 3.63) is 72.3 Å². The van der Waals surface area contributed by atoms with Gasteiger partial charge in [0.25, 0.3) is 5.91 Å². The molecule has 4 heteroatoms. The molecule has 1 amide bonds. The quantitative estimate of drug-likeness (QED) is 0.556. The summed E-state index contributed by atoms with van der Waals surface area (Å²) in [5.74, 6) is -0.173. The second-order valence-corrected chi connectivity index (χ2v) is 5.74. The molecular weight excluding hydrogens is 300 g/mol. The Hall–Kier alpha value is -3.40. The van der Waals surface area contributed by atoms with Gasteiger partial charge in [0.05, 0.1) is 11.4 Å². The van der Waals surface area contributed by atoms with Gasteiger partial charge in [-0.2, -0.15) is 0 Å². The molecule has 24 heavy (non-hydrogen) atoms. The van der Waals surface area contributed by atoms with Crippen LogP contribution < -0.4 is 5.32 Å². The Morgan fingerprint density at radius 3 is 2.58 bits per heavy atom. The smallest absolute Gasteiger partial charge is 0.275 e. The van der Waals surface area contributed by atoms with Gasteiger partial charge in [-0.15, -0.1) is 0 Å². The van der Waals surface area contributed by atoms with Crippen LogP contribution in [-0.4, -0.2) is 11.6 Å². The molecule has 0 atom stereocenters. The van der Waals surface area contributed by atoms with Crippen LogP contribution in [0.15, 0.2) is 76.1 Å². The molecular formula is C20H12N2O2. The molecule has 0 bridgehead atoms. The number of benzene rings is 3. The van der Waals surface area contributed by atoms with E-state index in [1.165, 1.54) is 0 Å². The van der Waals surface area contributed by atoms with Crippen molar-refractivity contribution in [2.24, 2.45) is 4.99 Å². The molecule has 0 aliphatic carbocycles. The van der Waals surface area contributed by atoms with Crippen LogP contribution in [0.2, 0.25) is 0 Å². The second-order valence-electron chi connectivity index (χ2n) is 5.74. The number of carbonyl (C=O) groups is 1. The highest BCUT2D eigenvalue weighted by Gasteiger charge is 2.25. The number of hydrogen-bond donors (Lipinski definition) is 1. The molecule has 1 aliphatic heterocycles. The zero-order valence-corrected chi connectivity index (χ0v) is 12.6. The lowest BCUT2D eigenvalue weighted by Gasteiger charge is -1.98. The fraction of sp³-hybridized carbons (Fsp3) is 0. The van der Waals surface area contributed by atoms with Crippen LogP contribution in [-0.2, 0) is 4.79 Å². The summed E-state index contributed by atoms with van der Waals surface area (Å²) in [6, 6.07) is 21.2. The summed E-state index contributed by atoms with van der Waals surface area (Å²) in [7, 11) is 0. The van der Waals surface area contributed by atoms with Gasteiger partial charge < -0.3 is 9.73 Å². The molecule has 2 heterocycles. The first-order valence-corrected chi connectivity index (χ1v) is 7.70. The van der Waals surface area contributed by atoms with E-state index in [-0.39, 0.29) is 5.91 Å². The summed E-state index contributed by atoms with van der Waals surface area (Å²) in [4.78, 5) is 16.8. The van der Waals surface area contributed by atoms with E-state index in [1.54, 1.807) is 0 Å². The maximum absolute atomic E-state index is 12.2. The zero-order valence-electron chi connectivity index (χ0n) is 12.6. The monoisotopic (exact) mass is 312 g/mol. The molecule has 4 nitrogen and oxygen atoms in total. The van der Waals surface area contributed by atoms with Crippen molar-refractivity contribution in [3.8, 4) is 0 Å². The molecule has 5 rings (SSSR count). The molecule has 0 radical (unpaired) electrons. The minimum Gasteiger partial charge on any atom is -0.456 e. The van der Waals surface area contributed by atoms with E-state index in [4.69, 9.17) is 4.42 Å². The van der Waals surface area contributed by atoms with E-state index in [0.29, 0.717) is 5.71 Å². The van der Waals surface area contributed by atoms with Crippen LogP contribution in [0.4, 0.5) is 11.4 Å². The Morgan fingerprint density at radius 2 is 1.62 bits per heavy atom. The van der Waals surface area contributed by atoms with Crippen LogP contribution in [0.25, 0.3) is 21.9 Å². The predicted molar refractivity (Wildman–Crippen MR) is 95.0 cm³/mol. The second kappa shape index (κ2) is 4.80. The van der Waals surface area contributed by atoms with Gasteiger partial charge in [-0.3, -0.25) is 4.79 Å². The number of para-hydroxylation sites is 2. The maximum atomic E-state index is 12.2. The Bertz CT molecular complexity index is 1150. The van der Waals surface area contributed by atoms with Crippen LogP contribution in [0.1, 0.15) is 5.56 Å². The Morgan fingerprint density at radius 1 is 0.833 bits per heavy atom. The topological polar surface area (TPSA) is 54.6 Å². The summed E-state index contributed by atoms with van der Waals surface area (Å²) in [5.41, 5.74) is 4.47. The SMILES string of the molecule is O=C1Nc2ccccc2C1=Nc1ccc2oc3ccccc3c2c1. The lowest BCUT2D eigenvalue weighted by Crippen LogP contribution is -2.13. The normalized spacial score (nSPS) is 15.2. The third-order valence-electron chi connectivity index (χ3n) is 4.25. The molecule has 1 aromatic heterocycles. The van der Waals surface area contributed by atoms with E-state index < -0.39 is 0 Å². The molecule has 0 unspecified atom stereocenters. The minimum atomic E-state index is -0.173. The molecule has 1 N–H and O–H groups in total. The van der Waals surface area contributed by atoms with E-state index in [1.807, 2.05) is 66.7 Å². The van der Waals surface area contributed by atoms with E-state index >= 15 is 0 Å². The standard InChI is InChI=1S/C20H12N2O2/c23-20-19(14-6-1-3-7-16(14)22-20)21-12-9-10-18-15(11-12)13-5-2-4-8-17(13)24-18/h1-11H,(H,21,22,23). The lowest BCUT2D eigenvalue weighted by molar-refractivity contribution is -0.110. The maximum Gasteiger partial charge on any atom is 0.275 e. The molecule has 0 fully saturated rings. The van der Waals surface area contributed by atoms with Crippen molar-refractivity contribution in [2.75, 3.05) is 5.32 Å².